The van der Waals surface area contributed by atoms with E-state index in [2.05, 4.69) is 5.32 Å². The molecule has 6 nitrogen and oxygen atoms in total. The molecule has 0 aromatic rings. The van der Waals surface area contributed by atoms with Crippen LogP contribution in [0.1, 0.15) is 27.7 Å². The molecule has 0 aromatic heterocycles. The average molecular weight is 232 g/mol. The van der Waals surface area contributed by atoms with Crippen LogP contribution >= 0.6 is 0 Å². The largest absolute Gasteiger partial charge is 0.464 e. The molecule has 0 radical (unpaired) electrons. The minimum atomic E-state index is -0.866. The third-order valence-electron chi connectivity index (χ3n) is 1.50. The molecular weight excluding hydrogens is 212 g/mol. The lowest BCUT2D eigenvalue weighted by Gasteiger charge is -2.22. The lowest BCUT2D eigenvalue weighted by molar-refractivity contribution is -0.145. The Hall–Kier alpha value is -1.30. The van der Waals surface area contributed by atoms with Crippen LogP contribution in [0.25, 0.3) is 0 Å². The SMILES string of the molecule is CCOC(=O)C(CN)NC(=O)OC(C)(C)C. The Morgan fingerprint density at radius 3 is 2.31 bits per heavy atom. The second-order valence-corrected chi connectivity index (χ2v) is 4.19. The lowest BCUT2D eigenvalue weighted by atomic mass is 10.2. The molecule has 6 heteroatoms. The van der Waals surface area contributed by atoms with Gasteiger partial charge in [-0.2, -0.15) is 0 Å². The van der Waals surface area contributed by atoms with Gasteiger partial charge < -0.3 is 20.5 Å². The van der Waals surface area contributed by atoms with Crippen LogP contribution in [0, 0.1) is 0 Å². The maximum Gasteiger partial charge on any atom is 0.408 e. The highest BCUT2D eigenvalue weighted by atomic mass is 16.6. The fourth-order valence-corrected chi connectivity index (χ4v) is 0.907. The van der Waals surface area contributed by atoms with Gasteiger partial charge in [-0.05, 0) is 27.7 Å². The van der Waals surface area contributed by atoms with Crippen LogP contribution in [0.4, 0.5) is 4.79 Å². The molecule has 0 heterocycles. The number of amides is 1. The second-order valence-electron chi connectivity index (χ2n) is 4.19. The van der Waals surface area contributed by atoms with Crippen molar-refractivity contribution in [3.05, 3.63) is 0 Å². The second kappa shape index (κ2) is 6.32. The topological polar surface area (TPSA) is 90.6 Å². The molecule has 0 saturated carbocycles. The molecule has 0 fully saturated rings. The van der Waals surface area contributed by atoms with E-state index in [0.29, 0.717) is 0 Å². The Morgan fingerprint density at radius 1 is 1.38 bits per heavy atom. The van der Waals surface area contributed by atoms with Gasteiger partial charge in [0.2, 0.25) is 0 Å². The third-order valence-corrected chi connectivity index (χ3v) is 1.50. The van der Waals surface area contributed by atoms with Crippen molar-refractivity contribution in [3.63, 3.8) is 0 Å². The van der Waals surface area contributed by atoms with Gasteiger partial charge in [0.15, 0.2) is 0 Å². The number of rotatable bonds is 4. The van der Waals surface area contributed by atoms with E-state index < -0.39 is 23.7 Å². The summed E-state index contributed by atoms with van der Waals surface area (Å²) in [6.45, 7) is 7.08. The fourth-order valence-electron chi connectivity index (χ4n) is 0.907. The van der Waals surface area contributed by atoms with Crippen molar-refractivity contribution in [1.29, 1.82) is 0 Å². The molecule has 16 heavy (non-hydrogen) atoms. The van der Waals surface area contributed by atoms with Crippen LogP contribution in [0.3, 0.4) is 0 Å². The van der Waals surface area contributed by atoms with Crippen LogP contribution in [0.5, 0.6) is 0 Å². The van der Waals surface area contributed by atoms with Crippen LogP contribution in [0.2, 0.25) is 0 Å². The van der Waals surface area contributed by atoms with E-state index >= 15 is 0 Å². The van der Waals surface area contributed by atoms with E-state index in [1.54, 1.807) is 27.7 Å². The van der Waals surface area contributed by atoms with Gasteiger partial charge in [-0.3, -0.25) is 0 Å². The summed E-state index contributed by atoms with van der Waals surface area (Å²) < 4.78 is 9.72. The maximum absolute atomic E-state index is 11.3. The van der Waals surface area contributed by atoms with Crippen molar-refractivity contribution in [3.8, 4) is 0 Å². The normalized spacial score (nSPS) is 12.8. The minimum Gasteiger partial charge on any atom is -0.464 e. The van der Waals surface area contributed by atoms with Crippen molar-refractivity contribution < 1.29 is 19.1 Å². The van der Waals surface area contributed by atoms with Crippen LogP contribution in [0.15, 0.2) is 0 Å². The van der Waals surface area contributed by atoms with Crippen LogP contribution < -0.4 is 11.1 Å². The first-order valence-corrected chi connectivity index (χ1v) is 5.16. The summed E-state index contributed by atoms with van der Waals surface area (Å²) in [5.74, 6) is -0.559. The maximum atomic E-state index is 11.3. The number of ether oxygens (including phenoxy) is 2. The van der Waals surface area contributed by atoms with Crippen molar-refractivity contribution in [2.24, 2.45) is 5.73 Å². The van der Waals surface area contributed by atoms with Gasteiger partial charge >= 0.3 is 12.1 Å². The van der Waals surface area contributed by atoms with E-state index in [0.717, 1.165) is 0 Å². The number of alkyl carbamates (subject to hydrolysis) is 1. The number of nitrogens with two attached hydrogens (primary N) is 1. The summed E-state index contributed by atoms with van der Waals surface area (Å²) in [6, 6.07) is -0.866. The smallest absolute Gasteiger partial charge is 0.408 e. The molecule has 94 valence electrons. The molecule has 0 aliphatic carbocycles. The number of esters is 1. The molecule has 0 aromatic carbocycles. The Balaban J connectivity index is 4.22. The first kappa shape index (κ1) is 14.7. The van der Waals surface area contributed by atoms with E-state index in [-0.39, 0.29) is 13.2 Å². The molecule has 0 bridgehead atoms. The van der Waals surface area contributed by atoms with Crippen molar-refractivity contribution in [1.82, 2.24) is 5.32 Å². The van der Waals surface area contributed by atoms with Gasteiger partial charge in [-0.15, -0.1) is 0 Å². The van der Waals surface area contributed by atoms with E-state index in [4.69, 9.17) is 15.2 Å². The summed E-state index contributed by atoms with van der Waals surface area (Å²) in [6.07, 6.45) is -0.684. The predicted molar refractivity (Wildman–Crippen MR) is 58.8 cm³/mol. The summed E-state index contributed by atoms with van der Waals surface area (Å²) in [5, 5.41) is 2.35. The summed E-state index contributed by atoms with van der Waals surface area (Å²) in [7, 11) is 0. The average Bonchev–Trinajstić information content (AvgIpc) is 2.11. The lowest BCUT2D eigenvalue weighted by Crippen LogP contribution is -2.48. The monoisotopic (exact) mass is 232 g/mol. The summed E-state index contributed by atoms with van der Waals surface area (Å²) in [5.41, 5.74) is 4.73. The first-order chi connectivity index (χ1) is 7.30. The number of carbonyl (C=O) groups is 2. The van der Waals surface area contributed by atoms with Gasteiger partial charge in [0.1, 0.15) is 11.6 Å². The van der Waals surface area contributed by atoms with Crippen molar-refractivity contribution in [2.45, 2.75) is 39.3 Å². The Morgan fingerprint density at radius 2 is 1.94 bits per heavy atom. The number of nitrogens with one attached hydrogen (secondary N) is 1. The Kier molecular flexibility index (Phi) is 5.81. The molecule has 0 saturated heterocycles. The molecule has 0 aliphatic heterocycles. The van der Waals surface area contributed by atoms with Crippen LogP contribution in [-0.2, 0) is 14.3 Å². The molecule has 0 spiro atoms. The number of carbonyl (C=O) groups excluding carboxylic acids is 2. The molecule has 0 rings (SSSR count). The minimum absolute atomic E-state index is 0.0297. The molecule has 3 N–H and O–H groups in total. The van der Waals surface area contributed by atoms with Gasteiger partial charge in [0.05, 0.1) is 6.61 Å². The molecular formula is C10H20N2O4. The van der Waals surface area contributed by atoms with Crippen LogP contribution in [-0.4, -0.2) is 36.9 Å². The molecule has 0 aliphatic rings. The Bertz CT molecular complexity index is 248. The molecule has 1 atom stereocenters. The van der Waals surface area contributed by atoms with Gasteiger partial charge in [0.25, 0.3) is 0 Å². The standard InChI is InChI=1S/C10H20N2O4/c1-5-15-8(13)7(6-11)12-9(14)16-10(2,3)4/h7H,5-6,11H2,1-4H3,(H,12,14). The fraction of sp³-hybridized carbons (Fsp3) is 0.800. The van der Waals surface area contributed by atoms with Gasteiger partial charge in [-0.1, -0.05) is 0 Å². The van der Waals surface area contributed by atoms with E-state index in [1.165, 1.54) is 0 Å². The molecule has 1 amide bonds. The summed E-state index contributed by atoms with van der Waals surface area (Å²) in [4.78, 5) is 22.6. The summed E-state index contributed by atoms with van der Waals surface area (Å²) >= 11 is 0. The number of hydrogen-bond acceptors (Lipinski definition) is 5. The van der Waals surface area contributed by atoms with Gasteiger partial charge in [-0.25, -0.2) is 9.59 Å². The highest BCUT2D eigenvalue weighted by Gasteiger charge is 2.23. The molecule has 1 unspecified atom stereocenters. The van der Waals surface area contributed by atoms with Crippen molar-refractivity contribution in [2.75, 3.05) is 13.2 Å². The van der Waals surface area contributed by atoms with Crippen molar-refractivity contribution >= 4 is 12.1 Å². The third kappa shape index (κ3) is 6.23. The van der Waals surface area contributed by atoms with Gasteiger partial charge in [0, 0.05) is 6.54 Å². The highest BCUT2D eigenvalue weighted by Crippen LogP contribution is 2.06. The Labute approximate surface area is 95.5 Å². The van der Waals surface area contributed by atoms with E-state index in [1.807, 2.05) is 0 Å². The number of hydrogen-bond donors (Lipinski definition) is 2. The highest BCUT2D eigenvalue weighted by molar-refractivity contribution is 5.81. The first-order valence-electron chi connectivity index (χ1n) is 5.16. The predicted octanol–water partition coefficient (Wildman–Crippen LogP) is 0.401. The quantitative estimate of drug-likeness (QED) is 0.685. The van der Waals surface area contributed by atoms with E-state index in [9.17, 15) is 9.59 Å². The zero-order chi connectivity index (χ0) is 12.8. The zero-order valence-electron chi connectivity index (χ0n) is 10.2. The zero-order valence-corrected chi connectivity index (χ0v) is 10.2.